The van der Waals surface area contributed by atoms with E-state index in [1.165, 1.54) is 4.90 Å². The van der Waals surface area contributed by atoms with Crippen LogP contribution in [0.5, 0.6) is 5.75 Å². The lowest BCUT2D eigenvalue weighted by atomic mass is 10.1. The molecule has 1 atom stereocenters. The van der Waals surface area contributed by atoms with Crippen molar-refractivity contribution in [2.24, 2.45) is 0 Å². The minimum Gasteiger partial charge on any atom is -0.497 e. The molecule has 9 nitrogen and oxygen atoms in total. The Balaban J connectivity index is 1.56. The van der Waals surface area contributed by atoms with Crippen molar-refractivity contribution >= 4 is 35.1 Å². The van der Waals surface area contributed by atoms with Crippen molar-refractivity contribution in [3.05, 3.63) is 45.3 Å². The summed E-state index contributed by atoms with van der Waals surface area (Å²) in [5.74, 6) is 1.44. The highest BCUT2D eigenvalue weighted by Crippen LogP contribution is 2.34. The van der Waals surface area contributed by atoms with Gasteiger partial charge in [-0.3, -0.25) is 4.90 Å². The predicted octanol–water partition coefficient (Wildman–Crippen LogP) is 3.39. The number of ether oxygens (including phenoxy) is 1. The summed E-state index contributed by atoms with van der Waals surface area (Å²) in [5.41, 5.74) is 2.76. The maximum absolute atomic E-state index is 11.5. The van der Waals surface area contributed by atoms with E-state index in [2.05, 4.69) is 20.9 Å². The summed E-state index contributed by atoms with van der Waals surface area (Å²) < 4.78 is 5.31. The van der Waals surface area contributed by atoms with E-state index >= 15 is 0 Å². The van der Waals surface area contributed by atoms with Crippen molar-refractivity contribution in [2.45, 2.75) is 32.1 Å². The van der Waals surface area contributed by atoms with Crippen molar-refractivity contribution < 1.29 is 14.6 Å². The number of benzene rings is 1. The van der Waals surface area contributed by atoms with Crippen molar-refractivity contribution in [3.63, 3.8) is 0 Å². The molecule has 2 aromatic rings. The summed E-state index contributed by atoms with van der Waals surface area (Å²) in [6.45, 7) is 2.94. The van der Waals surface area contributed by atoms with Crippen molar-refractivity contribution in [1.82, 2.24) is 19.8 Å². The van der Waals surface area contributed by atoms with E-state index < -0.39 is 12.1 Å². The maximum Gasteiger partial charge on any atom is 0.407 e. The number of carbonyl (C=O) groups is 1. The van der Waals surface area contributed by atoms with Crippen molar-refractivity contribution in [2.75, 3.05) is 31.6 Å². The van der Waals surface area contributed by atoms with Gasteiger partial charge in [-0.1, -0.05) is 11.6 Å². The molecule has 2 aliphatic rings. The molecule has 4 rings (SSSR count). The molecular formula is C21H22Cl2N6O3. The van der Waals surface area contributed by atoms with Crippen LogP contribution in [-0.4, -0.2) is 63.8 Å². The number of methoxy groups -OCH3 is 1. The molecule has 1 N–H and O–H groups in total. The summed E-state index contributed by atoms with van der Waals surface area (Å²) in [4.78, 5) is 26.0. The number of piperazine rings is 1. The smallest absolute Gasteiger partial charge is 0.407 e. The van der Waals surface area contributed by atoms with Gasteiger partial charge in [0.25, 0.3) is 0 Å². The summed E-state index contributed by atoms with van der Waals surface area (Å²) in [7, 11) is 1.62. The molecule has 1 saturated heterocycles. The molecule has 0 unspecified atom stereocenters. The van der Waals surface area contributed by atoms with E-state index in [0.717, 1.165) is 22.6 Å². The van der Waals surface area contributed by atoms with Gasteiger partial charge < -0.3 is 19.6 Å². The molecule has 1 amide bonds. The average molecular weight is 477 g/mol. The molecule has 0 radical (unpaired) electrons. The minimum atomic E-state index is -1.02. The van der Waals surface area contributed by atoms with Crippen LogP contribution in [0, 0.1) is 11.3 Å². The molecule has 0 saturated carbocycles. The third-order valence-electron chi connectivity index (χ3n) is 5.80. The van der Waals surface area contributed by atoms with Crippen LogP contribution in [-0.2, 0) is 19.6 Å². The van der Waals surface area contributed by atoms with Crippen LogP contribution >= 0.6 is 23.2 Å². The van der Waals surface area contributed by atoms with Crippen LogP contribution in [0.25, 0.3) is 0 Å². The highest BCUT2D eigenvalue weighted by Gasteiger charge is 2.34. The number of halogens is 2. The van der Waals surface area contributed by atoms with Gasteiger partial charge >= 0.3 is 6.09 Å². The number of carboxylic acid groups (broad SMARTS) is 1. The maximum atomic E-state index is 11.5. The SMILES string of the molecule is COc1ccc(Cl)c(CN2Cc3nc(Cl)nc(N4CCN(C(=O)O)[C@@H](CC#N)C4)c3C2)c1. The molecule has 0 bridgehead atoms. The molecule has 11 heteroatoms. The topological polar surface area (TPSA) is 106 Å². The van der Waals surface area contributed by atoms with Gasteiger partial charge in [0.15, 0.2) is 0 Å². The van der Waals surface area contributed by atoms with Crippen LogP contribution in [0.4, 0.5) is 10.6 Å². The summed E-state index contributed by atoms with van der Waals surface area (Å²) in [6.07, 6.45) is -0.901. The second-order valence-electron chi connectivity index (χ2n) is 7.78. The van der Waals surface area contributed by atoms with E-state index in [0.29, 0.717) is 50.1 Å². The second-order valence-corrected chi connectivity index (χ2v) is 8.53. The molecule has 0 aliphatic carbocycles. The first kappa shape index (κ1) is 22.4. The first-order chi connectivity index (χ1) is 15.4. The minimum absolute atomic E-state index is 0.115. The number of nitrogens with zero attached hydrogens (tertiary/aromatic N) is 6. The zero-order valence-corrected chi connectivity index (χ0v) is 19.0. The number of amides is 1. The standard InChI is InChI=1S/C21H22Cl2N6O3/c1-32-15-2-3-17(22)13(8-15)9-27-11-16-18(12-27)25-20(23)26-19(16)28-6-7-29(21(30)31)14(10-28)4-5-24/h2-3,8,14H,4,6-7,9-12H2,1H3,(H,30,31)/t14-/m0/s1. The van der Waals surface area contributed by atoms with E-state index in [4.69, 9.17) is 33.2 Å². The van der Waals surface area contributed by atoms with Crippen LogP contribution in [0.1, 0.15) is 23.2 Å². The molecule has 3 heterocycles. The number of hydrogen-bond acceptors (Lipinski definition) is 7. The number of anilines is 1. The lowest BCUT2D eigenvalue weighted by Gasteiger charge is -2.40. The average Bonchev–Trinajstić information content (AvgIpc) is 3.16. The third kappa shape index (κ3) is 4.53. The Morgan fingerprint density at radius 3 is 2.84 bits per heavy atom. The first-order valence-electron chi connectivity index (χ1n) is 10.1. The normalized spacial score (nSPS) is 18.4. The van der Waals surface area contributed by atoms with Crippen molar-refractivity contribution in [3.8, 4) is 11.8 Å². The fraction of sp³-hybridized carbons (Fsp3) is 0.429. The van der Waals surface area contributed by atoms with E-state index in [1.807, 2.05) is 23.1 Å². The largest absolute Gasteiger partial charge is 0.497 e. The van der Waals surface area contributed by atoms with Gasteiger partial charge in [0.1, 0.15) is 11.6 Å². The highest BCUT2D eigenvalue weighted by molar-refractivity contribution is 6.31. The number of fused-ring (bicyclic) bond motifs is 1. The summed E-state index contributed by atoms with van der Waals surface area (Å²) >= 11 is 12.6. The lowest BCUT2D eigenvalue weighted by Crippen LogP contribution is -2.55. The van der Waals surface area contributed by atoms with Crippen molar-refractivity contribution in [1.29, 1.82) is 5.26 Å². The fourth-order valence-corrected chi connectivity index (χ4v) is 4.62. The Hall–Kier alpha value is -2.80. The number of rotatable bonds is 5. The Morgan fingerprint density at radius 2 is 2.12 bits per heavy atom. The lowest BCUT2D eigenvalue weighted by molar-refractivity contribution is 0.119. The molecule has 1 aromatic heterocycles. The van der Waals surface area contributed by atoms with Gasteiger partial charge in [0, 0.05) is 49.9 Å². The van der Waals surface area contributed by atoms with Crippen LogP contribution in [0.2, 0.25) is 10.3 Å². The highest BCUT2D eigenvalue weighted by atomic mass is 35.5. The predicted molar refractivity (Wildman–Crippen MR) is 119 cm³/mol. The van der Waals surface area contributed by atoms with E-state index in [1.54, 1.807) is 7.11 Å². The molecule has 0 spiro atoms. The number of nitriles is 1. The second kappa shape index (κ2) is 9.36. The Bertz CT molecular complexity index is 1080. The summed E-state index contributed by atoms with van der Waals surface area (Å²) in [5, 5.41) is 19.4. The van der Waals surface area contributed by atoms with Crippen LogP contribution in [0.3, 0.4) is 0 Å². The van der Waals surface area contributed by atoms with Gasteiger partial charge in [-0.25, -0.2) is 14.8 Å². The zero-order chi connectivity index (χ0) is 22.8. The number of aromatic nitrogens is 2. The Kier molecular flexibility index (Phi) is 6.55. The molecule has 32 heavy (non-hydrogen) atoms. The van der Waals surface area contributed by atoms with Crippen LogP contribution < -0.4 is 9.64 Å². The van der Waals surface area contributed by atoms with Gasteiger partial charge in [-0.2, -0.15) is 5.26 Å². The van der Waals surface area contributed by atoms with Crippen LogP contribution in [0.15, 0.2) is 18.2 Å². The molecular weight excluding hydrogens is 455 g/mol. The van der Waals surface area contributed by atoms with Gasteiger partial charge in [-0.15, -0.1) is 0 Å². The molecule has 1 fully saturated rings. The van der Waals surface area contributed by atoms with Gasteiger partial charge in [0.2, 0.25) is 5.28 Å². The van der Waals surface area contributed by atoms with Gasteiger partial charge in [0.05, 0.1) is 31.3 Å². The molecule has 2 aliphatic heterocycles. The van der Waals surface area contributed by atoms with E-state index in [-0.39, 0.29) is 11.7 Å². The zero-order valence-electron chi connectivity index (χ0n) is 17.5. The van der Waals surface area contributed by atoms with Gasteiger partial charge in [-0.05, 0) is 35.4 Å². The first-order valence-corrected chi connectivity index (χ1v) is 10.9. The molecule has 1 aromatic carbocycles. The number of hydrogen-bond donors (Lipinski definition) is 1. The summed E-state index contributed by atoms with van der Waals surface area (Å²) in [6, 6.07) is 7.22. The monoisotopic (exact) mass is 476 g/mol. The van der Waals surface area contributed by atoms with E-state index in [9.17, 15) is 9.90 Å². The Labute approximate surface area is 195 Å². The fourth-order valence-electron chi connectivity index (χ4n) is 4.26. The molecule has 168 valence electrons. The third-order valence-corrected chi connectivity index (χ3v) is 6.34. The quantitative estimate of drug-likeness (QED) is 0.654. The Morgan fingerprint density at radius 1 is 1.31 bits per heavy atom.